The zero-order valence-electron chi connectivity index (χ0n) is 6.75. The van der Waals surface area contributed by atoms with Crippen molar-refractivity contribution in [2.45, 2.75) is 0 Å². The molecule has 0 amide bonds. The number of halogens is 2. The third-order valence-corrected chi connectivity index (χ3v) is 3.20. The molecule has 14 heavy (non-hydrogen) atoms. The minimum Gasteiger partial charge on any atom is -0.478 e. The first kappa shape index (κ1) is 9.43. The molecule has 0 aliphatic rings. The summed E-state index contributed by atoms with van der Waals surface area (Å²) in [7, 11) is 0. The largest absolute Gasteiger partial charge is 0.478 e. The standard InChI is InChI=1S/C9H4ClFO2S/c10-8-7(9(12)13)5-3-4(11)1-2-6(5)14-8/h1-3H,(H,12,13). The van der Waals surface area contributed by atoms with E-state index in [1.54, 1.807) is 0 Å². The maximum absolute atomic E-state index is 12.9. The molecule has 0 saturated carbocycles. The van der Waals surface area contributed by atoms with Crippen LogP contribution < -0.4 is 0 Å². The topological polar surface area (TPSA) is 37.3 Å². The number of carboxylic acids is 1. The molecule has 1 heterocycles. The first-order valence-corrected chi connectivity index (χ1v) is 4.90. The second kappa shape index (κ2) is 3.22. The smallest absolute Gasteiger partial charge is 0.338 e. The SMILES string of the molecule is O=C(O)c1c(Cl)sc2ccc(F)cc12. The molecular formula is C9H4ClFO2S. The number of thiophene rings is 1. The van der Waals surface area contributed by atoms with Crippen molar-refractivity contribution in [1.82, 2.24) is 0 Å². The Balaban J connectivity index is 2.86. The van der Waals surface area contributed by atoms with Gasteiger partial charge in [-0.2, -0.15) is 0 Å². The van der Waals surface area contributed by atoms with Crippen molar-refractivity contribution in [3.8, 4) is 0 Å². The Morgan fingerprint density at radius 1 is 1.50 bits per heavy atom. The summed E-state index contributed by atoms with van der Waals surface area (Å²) in [5, 5.41) is 9.20. The Labute approximate surface area is 87.5 Å². The summed E-state index contributed by atoms with van der Waals surface area (Å²) in [4.78, 5) is 10.8. The van der Waals surface area contributed by atoms with E-state index >= 15 is 0 Å². The maximum atomic E-state index is 12.9. The van der Waals surface area contributed by atoms with Gasteiger partial charge in [0, 0.05) is 10.1 Å². The maximum Gasteiger partial charge on any atom is 0.338 e. The number of aromatic carboxylic acids is 1. The molecule has 2 rings (SSSR count). The van der Waals surface area contributed by atoms with Crippen LogP contribution in [-0.2, 0) is 0 Å². The van der Waals surface area contributed by atoms with E-state index in [4.69, 9.17) is 16.7 Å². The van der Waals surface area contributed by atoms with Crippen molar-refractivity contribution in [3.05, 3.63) is 33.9 Å². The predicted octanol–water partition coefficient (Wildman–Crippen LogP) is 3.39. The molecule has 1 aromatic heterocycles. The minimum atomic E-state index is -1.13. The van der Waals surface area contributed by atoms with E-state index in [-0.39, 0.29) is 9.90 Å². The molecule has 0 radical (unpaired) electrons. The molecule has 0 fully saturated rings. The number of carbonyl (C=O) groups is 1. The molecule has 1 aromatic carbocycles. The third kappa shape index (κ3) is 1.36. The second-order valence-corrected chi connectivity index (χ2v) is 4.35. The van der Waals surface area contributed by atoms with E-state index in [1.165, 1.54) is 18.2 Å². The van der Waals surface area contributed by atoms with Crippen LogP contribution in [0.25, 0.3) is 10.1 Å². The van der Waals surface area contributed by atoms with Crippen molar-refractivity contribution in [3.63, 3.8) is 0 Å². The number of carboxylic acid groups (broad SMARTS) is 1. The monoisotopic (exact) mass is 230 g/mol. The normalized spacial score (nSPS) is 10.7. The lowest BCUT2D eigenvalue weighted by Gasteiger charge is -1.92. The fourth-order valence-corrected chi connectivity index (χ4v) is 2.57. The first-order valence-electron chi connectivity index (χ1n) is 3.70. The van der Waals surface area contributed by atoms with Gasteiger partial charge < -0.3 is 5.11 Å². The van der Waals surface area contributed by atoms with Gasteiger partial charge >= 0.3 is 5.97 Å². The summed E-state index contributed by atoms with van der Waals surface area (Å²) in [5.74, 6) is -1.60. The van der Waals surface area contributed by atoms with Crippen LogP contribution in [0.5, 0.6) is 0 Å². The highest BCUT2D eigenvalue weighted by molar-refractivity contribution is 7.23. The van der Waals surface area contributed by atoms with Gasteiger partial charge in [-0.3, -0.25) is 0 Å². The molecule has 5 heteroatoms. The molecule has 0 aliphatic heterocycles. The van der Waals surface area contributed by atoms with Crippen LogP contribution in [0, 0.1) is 5.82 Å². The van der Waals surface area contributed by atoms with Gasteiger partial charge in [-0.1, -0.05) is 11.6 Å². The lowest BCUT2D eigenvalue weighted by atomic mass is 10.2. The Morgan fingerprint density at radius 3 is 2.86 bits per heavy atom. The fraction of sp³-hybridized carbons (Fsp3) is 0. The summed E-state index contributed by atoms with van der Waals surface area (Å²) in [6.45, 7) is 0. The van der Waals surface area contributed by atoms with E-state index < -0.39 is 11.8 Å². The molecular weight excluding hydrogens is 227 g/mol. The molecule has 2 nitrogen and oxygen atoms in total. The molecule has 0 aliphatic carbocycles. The molecule has 0 bridgehead atoms. The molecule has 72 valence electrons. The zero-order chi connectivity index (χ0) is 10.3. The summed E-state index contributed by atoms with van der Waals surface area (Å²) in [6.07, 6.45) is 0. The van der Waals surface area contributed by atoms with Crippen molar-refractivity contribution in [1.29, 1.82) is 0 Å². The quantitative estimate of drug-likeness (QED) is 0.815. The zero-order valence-corrected chi connectivity index (χ0v) is 8.32. The molecule has 0 unspecified atom stereocenters. The van der Waals surface area contributed by atoms with Crippen molar-refractivity contribution >= 4 is 39.0 Å². The van der Waals surface area contributed by atoms with E-state index in [9.17, 15) is 9.18 Å². The van der Waals surface area contributed by atoms with E-state index in [0.29, 0.717) is 10.1 Å². The number of fused-ring (bicyclic) bond motifs is 1. The minimum absolute atomic E-state index is 0.0221. The molecule has 0 saturated heterocycles. The molecule has 0 atom stereocenters. The molecule has 1 N–H and O–H groups in total. The summed E-state index contributed by atoms with van der Waals surface area (Å²) in [5.41, 5.74) is -0.0221. The van der Waals surface area contributed by atoms with Crippen LogP contribution in [0.15, 0.2) is 18.2 Å². The van der Waals surface area contributed by atoms with E-state index in [0.717, 1.165) is 11.3 Å². The first-order chi connectivity index (χ1) is 6.59. The van der Waals surface area contributed by atoms with Crippen LogP contribution in [-0.4, -0.2) is 11.1 Å². The Bertz CT molecular complexity index is 521. The number of hydrogen-bond donors (Lipinski definition) is 1. The number of rotatable bonds is 1. The van der Waals surface area contributed by atoms with Crippen LogP contribution in [0.2, 0.25) is 4.34 Å². The van der Waals surface area contributed by atoms with Crippen molar-refractivity contribution in [2.24, 2.45) is 0 Å². The average molecular weight is 231 g/mol. The number of hydrogen-bond acceptors (Lipinski definition) is 2. The average Bonchev–Trinajstić information content (AvgIpc) is 2.40. The summed E-state index contributed by atoms with van der Waals surface area (Å²) >= 11 is 6.86. The number of benzene rings is 1. The fourth-order valence-electron chi connectivity index (χ4n) is 1.24. The summed E-state index contributed by atoms with van der Waals surface area (Å²) in [6, 6.07) is 3.98. The molecule has 0 spiro atoms. The van der Waals surface area contributed by atoms with Crippen molar-refractivity contribution in [2.75, 3.05) is 0 Å². The lowest BCUT2D eigenvalue weighted by molar-refractivity contribution is 0.0699. The Kier molecular flexibility index (Phi) is 2.17. The Morgan fingerprint density at radius 2 is 2.21 bits per heavy atom. The van der Waals surface area contributed by atoms with Gasteiger partial charge in [0.1, 0.15) is 10.2 Å². The van der Waals surface area contributed by atoms with Crippen LogP contribution in [0.4, 0.5) is 4.39 Å². The van der Waals surface area contributed by atoms with Gasteiger partial charge in [0.25, 0.3) is 0 Å². The second-order valence-electron chi connectivity index (χ2n) is 2.70. The van der Waals surface area contributed by atoms with Crippen molar-refractivity contribution < 1.29 is 14.3 Å². The Hall–Kier alpha value is -1.13. The van der Waals surface area contributed by atoms with Crippen LogP contribution in [0.1, 0.15) is 10.4 Å². The lowest BCUT2D eigenvalue weighted by Crippen LogP contribution is -1.94. The van der Waals surface area contributed by atoms with E-state index in [1.807, 2.05) is 0 Å². The van der Waals surface area contributed by atoms with Crippen LogP contribution >= 0.6 is 22.9 Å². The van der Waals surface area contributed by atoms with E-state index in [2.05, 4.69) is 0 Å². The van der Waals surface area contributed by atoms with Gasteiger partial charge in [0.05, 0.1) is 5.56 Å². The van der Waals surface area contributed by atoms with Gasteiger partial charge in [-0.25, -0.2) is 9.18 Å². The van der Waals surface area contributed by atoms with Gasteiger partial charge in [-0.05, 0) is 18.2 Å². The molecule has 2 aromatic rings. The van der Waals surface area contributed by atoms with Gasteiger partial charge in [-0.15, -0.1) is 11.3 Å². The summed E-state index contributed by atoms with van der Waals surface area (Å²) < 4.78 is 13.7. The van der Waals surface area contributed by atoms with Gasteiger partial charge in [0.2, 0.25) is 0 Å². The highest BCUT2D eigenvalue weighted by atomic mass is 35.5. The van der Waals surface area contributed by atoms with Gasteiger partial charge in [0.15, 0.2) is 0 Å². The third-order valence-electron chi connectivity index (χ3n) is 1.82. The predicted molar refractivity (Wildman–Crippen MR) is 53.8 cm³/mol. The highest BCUT2D eigenvalue weighted by Crippen LogP contribution is 2.35. The highest BCUT2D eigenvalue weighted by Gasteiger charge is 2.16. The van der Waals surface area contributed by atoms with Crippen LogP contribution in [0.3, 0.4) is 0 Å².